The Kier molecular flexibility index (Phi) is 8.21. The van der Waals surface area contributed by atoms with E-state index in [1.807, 2.05) is 146 Å². The zero-order valence-electron chi connectivity index (χ0n) is 26.5. The molecule has 7 heteroatoms. The number of benzene rings is 5. The predicted molar refractivity (Wildman–Crippen MR) is 185 cm³/mol. The maximum Gasteiger partial charge on any atom is 0.248 e. The minimum atomic E-state index is -1.19. The number of hydrogen-bond acceptors (Lipinski definition) is 5. The smallest absolute Gasteiger partial charge is 0.248 e. The lowest BCUT2D eigenvalue weighted by molar-refractivity contribution is -0.146. The first-order valence-corrected chi connectivity index (χ1v) is 15.9. The highest BCUT2D eigenvalue weighted by Gasteiger charge is 2.64. The Labute approximate surface area is 279 Å². The van der Waals surface area contributed by atoms with Crippen molar-refractivity contribution >= 4 is 22.7 Å². The van der Waals surface area contributed by atoms with Crippen LogP contribution in [0.1, 0.15) is 39.9 Å². The summed E-state index contributed by atoms with van der Waals surface area (Å²) in [6, 6.07) is 46.5. The summed E-state index contributed by atoms with van der Waals surface area (Å²) in [5, 5.41) is 1.02. The van der Waals surface area contributed by atoms with Gasteiger partial charge in [-0.05, 0) is 59.9 Å². The van der Waals surface area contributed by atoms with Gasteiger partial charge in [-0.2, -0.15) is 0 Å². The number of aryl methyl sites for hydroxylation is 1. The number of nitrogens with one attached hydrogen (secondary N) is 1. The van der Waals surface area contributed by atoms with E-state index < -0.39 is 28.7 Å². The fourth-order valence-electron chi connectivity index (χ4n) is 6.75. The number of hydrogen-bond donors (Lipinski definition) is 2. The number of pyridine rings is 1. The molecule has 5 aromatic carbocycles. The molecule has 0 aliphatic heterocycles. The van der Waals surface area contributed by atoms with Crippen LogP contribution in [-0.4, -0.2) is 16.8 Å². The minimum absolute atomic E-state index is 0.254. The van der Waals surface area contributed by atoms with Crippen molar-refractivity contribution in [2.75, 3.05) is 0 Å². The summed E-state index contributed by atoms with van der Waals surface area (Å²) in [7, 11) is 0. The molecule has 0 saturated heterocycles. The average Bonchev–Trinajstić information content (AvgIpc) is 3.90. The molecular weight excluding hydrogens is 598 g/mol. The molecule has 1 aromatic heterocycles. The van der Waals surface area contributed by atoms with Gasteiger partial charge in [-0.25, -0.2) is 5.48 Å². The summed E-state index contributed by atoms with van der Waals surface area (Å²) in [6.45, 7) is 2.27. The van der Waals surface area contributed by atoms with Gasteiger partial charge < -0.3 is 10.5 Å². The Hall–Kier alpha value is -5.79. The third-order valence-corrected chi connectivity index (χ3v) is 9.24. The number of carbonyl (C=O) groups is 2. The van der Waals surface area contributed by atoms with Crippen LogP contribution < -0.4 is 16.0 Å². The van der Waals surface area contributed by atoms with Gasteiger partial charge in [-0.15, -0.1) is 0 Å². The number of amides is 2. The Morgan fingerprint density at radius 2 is 1.38 bits per heavy atom. The summed E-state index contributed by atoms with van der Waals surface area (Å²) in [4.78, 5) is 38.2. The number of nitrogens with zero attached hydrogens (tertiary/aromatic N) is 1. The molecule has 2 atom stereocenters. The van der Waals surface area contributed by atoms with Crippen LogP contribution in [0, 0.1) is 12.8 Å². The molecule has 1 heterocycles. The van der Waals surface area contributed by atoms with Crippen LogP contribution in [0.5, 0.6) is 5.75 Å². The molecular formula is C41H35N3O4. The Balaban J connectivity index is 1.15. The molecule has 7 nitrogen and oxygen atoms in total. The molecule has 7 rings (SSSR count). The van der Waals surface area contributed by atoms with E-state index in [4.69, 9.17) is 15.3 Å². The maximum atomic E-state index is 13.9. The van der Waals surface area contributed by atoms with Gasteiger partial charge in [0.15, 0.2) is 5.60 Å². The highest BCUT2D eigenvalue weighted by molar-refractivity contribution is 5.99. The van der Waals surface area contributed by atoms with Crippen molar-refractivity contribution in [3.8, 4) is 5.75 Å². The van der Waals surface area contributed by atoms with Gasteiger partial charge in [-0.1, -0.05) is 121 Å². The van der Waals surface area contributed by atoms with Crippen molar-refractivity contribution in [2.24, 2.45) is 11.7 Å². The SMILES string of the molecule is Cc1cc(COc2cccc([C@@]3(C(N)=O)C[C@H]3C(=O)NOC(c3ccccc3)(c3ccccc3)c3ccccc3)c2)c2ccccc2n1. The lowest BCUT2D eigenvalue weighted by atomic mass is 9.80. The van der Waals surface area contributed by atoms with E-state index in [9.17, 15) is 9.59 Å². The Bertz CT molecular complexity index is 1990. The van der Waals surface area contributed by atoms with Crippen molar-refractivity contribution in [1.29, 1.82) is 0 Å². The zero-order valence-corrected chi connectivity index (χ0v) is 26.5. The van der Waals surface area contributed by atoms with Crippen molar-refractivity contribution in [1.82, 2.24) is 10.5 Å². The summed E-state index contributed by atoms with van der Waals surface area (Å²) < 4.78 is 6.23. The van der Waals surface area contributed by atoms with E-state index in [0.29, 0.717) is 17.9 Å². The number of fused-ring (bicyclic) bond motifs is 1. The van der Waals surface area contributed by atoms with E-state index in [0.717, 1.165) is 38.9 Å². The van der Waals surface area contributed by atoms with Gasteiger partial charge in [0.25, 0.3) is 0 Å². The van der Waals surface area contributed by atoms with Crippen LogP contribution in [0.3, 0.4) is 0 Å². The van der Waals surface area contributed by atoms with Crippen LogP contribution in [0.4, 0.5) is 0 Å². The summed E-state index contributed by atoms with van der Waals surface area (Å²) >= 11 is 0. The van der Waals surface area contributed by atoms with E-state index >= 15 is 0 Å². The van der Waals surface area contributed by atoms with Crippen molar-refractivity contribution in [2.45, 2.75) is 31.0 Å². The fourth-order valence-corrected chi connectivity index (χ4v) is 6.75. The Morgan fingerprint density at radius 1 is 0.792 bits per heavy atom. The second-order valence-corrected chi connectivity index (χ2v) is 12.2. The predicted octanol–water partition coefficient (Wildman–Crippen LogP) is 6.91. The van der Waals surface area contributed by atoms with Crippen LogP contribution in [0.15, 0.2) is 146 Å². The third-order valence-electron chi connectivity index (χ3n) is 9.24. The van der Waals surface area contributed by atoms with Gasteiger partial charge >= 0.3 is 0 Å². The first kappa shape index (κ1) is 30.8. The quantitative estimate of drug-likeness (QED) is 0.119. The minimum Gasteiger partial charge on any atom is -0.489 e. The first-order chi connectivity index (χ1) is 23.4. The Morgan fingerprint density at radius 3 is 1.98 bits per heavy atom. The molecule has 3 N–H and O–H groups in total. The highest BCUT2D eigenvalue weighted by Crippen LogP contribution is 2.55. The second kappa shape index (κ2) is 12.8. The average molecular weight is 634 g/mol. The molecule has 0 unspecified atom stereocenters. The maximum absolute atomic E-state index is 13.9. The molecule has 238 valence electrons. The van der Waals surface area contributed by atoms with Crippen LogP contribution in [0.25, 0.3) is 10.9 Å². The van der Waals surface area contributed by atoms with E-state index in [1.54, 1.807) is 6.07 Å². The number of primary amides is 1. The third kappa shape index (κ3) is 5.58. The van der Waals surface area contributed by atoms with Crippen molar-refractivity contribution in [3.05, 3.63) is 179 Å². The molecule has 1 saturated carbocycles. The molecule has 0 bridgehead atoms. The summed E-state index contributed by atoms with van der Waals surface area (Å²) in [6.07, 6.45) is 0.254. The van der Waals surface area contributed by atoms with Gasteiger partial charge in [0.2, 0.25) is 11.8 Å². The van der Waals surface area contributed by atoms with Crippen molar-refractivity contribution in [3.63, 3.8) is 0 Å². The van der Waals surface area contributed by atoms with Crippen LogP contribution in [-0.2, 0) is 32.0 Å². The molecule has 1 fully saturated rings. The summed E-state index contributed by atoms with van der Waals surface area (Å²) in [5.41, 5.74) is 12.4. The highest BCUT2D eigenvalue weighted by atomic mass is 16.7. The van der Waals surface area contributed by atoms with Crippen LogP contribution in [0.2, 0.25) is 0 Å². The first-order valence-electron chi connectivity index (χ1n) is 15.9. The van der Waals surface area contributed by atoms with E-state index in [-0.39, 0.29) is 6.42 Å². The van der Waals surface area contributed by atoms with Crippen molar-refractivity contribution < 1.29 is 19.2 Å². The number of rotatable bonds is 11. The van der Waals surface area contributed by atoms with Crippen LogP contribution >= 0.6 is 0 Å². The number of carbonyl (C=O) groups excluding carboxylic acids is 2. The number of hydroxylamine groups is 1. The normalized spacial score (nSPS) is 17.1. The van der Waals surface area contributed by atoms with Gasteiger partial charge in [0, 0.05) is 16.6 Å². The molecule has 48 heavy (non-hydrogen) atoms. The molecule has 0 spiro atoms. The topological polar surface area (TPSA) is 104 Å². The van der Waals surface area contributed by atoms with Gasteiger partial charge in [0.1, 0.15) is 12.4 Å². The standard InChI is InChI=1S/C41H35N3O4/c1-28-24-29(35-22-11-12-23-37(35)43-28)27-47-34-21-13-20-33(25-34)40(39(42)46)26-36(40)38(45)44-48-41(30-14-5-2-6-15-30,31-16-7-3-8-17-31)32-18-9-4-10-19-32/h2-25,36H,26-27H2,1H3,(H2,42,46)(H,44,45)/t36-,40-/m0/s1. The van der Waals surface area contributed by atoms with E-state index in [1.165, 1.54) is 0 Å². The largest absolute Gasteiger partial charge is 0.489 e. The lowest BCUT2D eigenvalue weighted by Gasteiger charge is -2.35. The summed E-state index contributed by atoms with van der Waals surface area (Å²) in [5.74, 6) is -1.15. The second-order valence-electron chi connectivity index (χ2n) is 12.2. The number of para-hydroxylation sites is 1. The van der Waals surface area contributed by atoms with E-state index in [2.05, 4.69) is 10.5 Å². The number of ether oxygens (including phenoxy) is 1. The van der Waals surface area contributed by atoms with Gasteiger partial charge in [0.05, 0.1) is 16.8 Å². The fraction of sp³-hybridized carbons (Fsp3) is 0.146. The molecule has 1 aliphatic rings. The zero-order chi connectivity index (χ0) is 33.1. The van der Waals surface area contributed by atoms with Gasteiger partial charge in [-0.3, -0.25) is 19.4 Å². The monoisotopic (exact) mass is 633 g/mol. The molecule has 6 aromatic rings. The number of nitrogens with two attached hydrogens (primary N) is 1. The number of aromatic nitrogens is 1. The molecule has 1 aliphatic carbocycles. The molecule has 0 radical (unpaired) electrons. The molecule has 2 amide bonds. The lowest BCUT2D eigenvalue weighted by Crippen LogP contribution is -2.42.